The fourth-order valence-electron chi connectivity index (χ4n) is 8.81. The number of alkyl halides is 3. The minimum absolute atomic E-state index is 0.0709. The maximum atomic E-state index is 13.4. The molecule has 0 bridgehead atoms. The van der Waals surface area contributed by atoms with Gasteiger partial charge in [-0.05, 0) is 101 Å². The number of fused-ring (bicyclic) bond motifs is 2. The Hall–Kier alpha value is -5.84. The lowest BCUT2D eigenvalue weighted by Gasteiger charge is -2.36. The molecule has 1 aliphatic carbocycles. The number of methoxy groups -OCH3 is 1. The number of oxazole rings is 1. The average Bonchev–Trinajstić information content (AvgIpc) is 3.75. The average molecular weight is 816 g/mol. The number of nitrogens with one attached hydrogen (secondary N) is 3. The number of likely N-dealkylation sites (tertiary alicyclic amines) is 1. The summed E-state index contributed by atoms with van der Waals surface area (Å²) in [6.45, 7) is 3.69. The Morgan fingerprint density at radius 1 is 0.915 bits per heavy atom. The topological polar surface area (TPSA) is 176 Å². The molecular weight excluding hydrogens is 771 g/mol. The molecule has 310 valence electrons. The van der Waals surface area contributed by atoms with E-state index in [1.54, 1.807) is 30.3 Å². The molecule has 17 heteroatoms. The van der Waals surface area contributed by atoms with Crippen molar-refractivity contribution in [2.75, 3.05) is 43.9 Å². The van der Waals surface area contributed by atoms with Gasteiger partial charge in [0.25, 0.3) is 17.7 Å². The predicted molar refractivity (Wildman–Crippen MR) is 208 cm³/mol. The standard InChI is InChI=1S/C42H44F3N7O7/c1-58-32-20-30-33(21-29(32)48-37(54)28-6-3-7-34(47-28)42(43,44)45)59-39(49-30)25-10-8-24(9-11-25)22-51-18-15-23(16-19-51)14-17-46-27-5-2-4-26-36(27)41(57)52(40(26)56)31-12-13-35(53)50-38(31)55/h2-7,20-21,23-25,31,46H,8-19,22H2,1H3,(H,48,54)(H,50,53,55). The van der Waals surface area contributed by atoms with Crippen LogP contribution in [0.5, 0.6) is 5.75 Å². The molecule has 2 aromatic heterocycles. The Morgan fingerprint density at radius 3 is 2.41 bits per heavy atom. The number of hydrogen-bond acceptors (Lipinski definition) is 11. The first-order valence-electron chi connectivity index (χ1n) is 20.0. The molecule has 5 amide bonds. The van der Waals surface area contributed by atoms with Crippen LogP contribution in [0.3, 0.4) is 0 Å². The summed E-state index contributed by atoms with van der Waals surface area (Å²) in [6.07, 6.45) is 2.45. The van der Waals surface area contributed by atoms with Gasteiger partial charge < -0.3 is 24.7 Å². The second-order valence-electron chi connectivity index (χ2n) is 15.8. The molecule has 14 nitrogen and oxygen atoms in total. The van der Waals surface area contributed by atoms with Crippen LogP contribution in [0.1, 0.15) is 106 Å². The van der Waals surface area contributed by atoms with Gasteiger partial charge in [-0.3, -0.25) is 34.2 Å². The number of rotatable bonds is 11. The van der Waals surface area contributed by atoms with Crippen LogP contribution < -0.4 is 20.7 Å². The molecule has 5 heterocycles. The minimum atomic E-state index is -4.68. The summed E-state index contributed by atoms with van der Waals surface area (Å²) in [7, 11) is 1.43. The number of nitrogens with zero attached hydrogens (tertiary/aromatic N) is 4. The number of aromatic nitrogens is 2. The van der Waals surface area contributed by atoms with Gasteiger partial charge in [-0.25, -0.2) is 9.97 Å². The second-order valence-corrected chi connectivity index (χ2v) is 15.8. The van der Waals surface area contributed by atoms with Crippen LogP contribution in [0.15, 0.2) is 52.9 Å². The van der Waals surface area contributed by atoms with Crippen LogP contribution in [-0.4, -0.2) is 88.6 Å². The first-order chi connectivity index (χ1) is 28.4. The highest BCUT2D eigenvalue weighted by Gasteiger charge is 2.45. The van der Waals surface area contributed by atoms with E-state index in [1.807, 2.05) is 0 Å². The second kappa shape index (κ2) is 16.4. The number of imide groups is 2. The molecule has 1 atom stereocenters. The Morgan fingerprint density at radius 2 is 1.68 bits per heavy atom. The zero-order chi connectivity index (χ0) is 41.4. The summed E-state index contributed by atoms with van der Waals surface area (Å²) in [5.41, 5.74) is 0.776. The highest BCUT2D eigenvalue weighted by molar-refractivity contribution is 6.25. The minimum Gasteiger partial charge on any atom is -0.494 e. The number of carbonyl (C=O) groups excluding carboxylic acids is 5. The van der Waals surface area contributed by atoms with E-state index in [1.165, 1.54) is 13.2 Å². The van der Waals surface area contributed by atoms with Gasteiger partial charge in [-0.2, -0.15) is 13.2 Å². The van der Waals surface area contributed by atoms with E-state index in [0.717, 1.165) is 81.6 Å². The molecule has 0 spiro atoms. The summed E-state index contributed by atoms with van der Waals surface area (Å²) in [6, 6.07) is 10.4. The van der Waals surface area contributed by atoms with E-state index in [9.17, 15) is 37.1 Å². The molecule has 3 fully saturated rings. The van der Waals surface area contributed by atoms with E-state index in [0.29, 0.717) is 41.1 Å². The fraction of sp³-hybridized carbons (Fsp3) is 0.452. The number of carbonyl (C=O) groups is 5. The lowest BCUT2D eigenvalue weighted by molar-refractivity contribution is -0.141. The van der Waals surface area contributed by atoms with Crippen LogP contribution >= 0.6 is 0 Å². The molecule has 4 aliphatic rings. The maximum absolute atomic E-state index is 13.4. The van der Waals surface area contributed by atoms with E-state index in [4.69, 9.17) is 14.1 Å². The van der Waals surface area contributed by atoms with Crippen molar-refractivity contribution in [2.45, 2.75) is 75.9 Å². The SMILES string of the molecule is COc1cc2nc(C3CCC(CN4CCC(CCNc5cccc6c5C(=O)N(C5CCC(=O)NC5=O)C6=O)CC4)CC3)oc2cc1NC(=O)c1cccc(C(F)(F)F)n1. The molecule has 4 aromatic rings. The Balaban J connectivity index is 0.793. The lowest BCUT2D eigenvalue weighted by Crippen LogP contribution is -2.54. The number of hydrogen-bond donors (Lipinski definition) is 3. The smallest absolute Gasteiger partial charge is 0.433 e. The molecule has 3 aliphatic heterocycles. The summed E-state index contributed by atoms with van der Waals surface area (Å²) < 4.78 is 51.1. The van der Waals surface area contributed by atoms with Crippen molar-refractivity contribution in [2.24, 2.45) is 11.8 Å². The molecule has 3 N–H and O–H groups in total. The maximum Gasteiger partial charge on any atom is 0.433 e. The van der Waals surface area contributed by atoms with E-state index in [-0.39, 0.29) is 47.0 Å². The van der Waals surface area contributed by atoms with Crippen molar-refractivity contribution in [3.05, 3.63) is 76.9 Å². The van der Waals surface area contributed by atoms with Crippen LogP contribution in [0.25, 0.3) is 11.1 Å². The van der Waals surface area contributed by atoms with E-state index in [2.05, 4.69) is 25.8 Å². The largest absolute Gasteiger partial charge is 0.494 e. The number of ether oxygens (including phenoxy) is 1. The van der Waals surface area contributed by atoms with Crippen molar-refractivity contribution in [1.29, 1.82) is 0 Å². The molecule has 0 radical (unpaired) electrons. The summed E-state index contributed by atoms with van der Waals surface area (Å²) in [4.78, 5) is 75.3. The Labute approximate surface area is 337 Å². The summed E-state index contributed by atoms with van der Waals surface area (Å²) in [5.74, 6) is -0.783. The molecule has 59 heavy (non-hydrogen) atoms. The number of pyridine rings is 1. The molecule has 2 aromatic carbocycles. The molecule has 8 rings (SSSR count). The van der Waals surface area contributed by atoms with Gasteiger partial charge in [0.1, 0.15) is 28.7 Å². The molecular formula is C42H44F3N7O7. The van der Waals surface area contributed by atoms with Crippen molar-refractivity contribution in [3.8, 4) is 5.75 Å². The highest BCUT2D eigenvalue weighted by Crippen LogP contribution is 2.40. The monoisotopic (exact) mass is 815 g/mol. The van der Waals surface area contributed by atoms with Gasteiger partial charge in [0.15, 0.2) is 11.5 Å². The highest BCUT2D eigenvalue weighted by atomic mass is 19.4. The van der Waals surface area contributed by atoms with Gasteiger partial charge in [0, 0.05) is 43.2 Å². The van der Waals surface area contributed by atoms with Gasteiger partial charge >= 0.3 is 6.18 Å². The van der Waals surface area contributed by atoms with Crippen LogP contribution in [0.2, 0.25) is 0 Å². The molecule has 2 saturated heterocycles. The third-order valence-electron chi connectivity index (χ3n) is 12.0. The normalized spacial score (nSPS) is 21.8. The van der Waals surface area contributed by atoms with Gasteiger partial charge in [-0.1, -0.05) is 12.1 Å². The van der Waals surface area contributed by atoms with Crippen molar-refractivity contribution in [3.63, 3.8) is 0 Å². The van der Waals surface area contributed by atoms with Crippen LogP contribution in [0.4, 0.5) is 24.5 Å². The lowest BCUT2D eigenvalue weighted by atomic mass is 9.81. The number of halogens is 3. The first kappa shape index (κ1) is 40.0. The fourth-order valence-corrected chi connectivity index (χ4v) is 8.81. The number of anilines is 2. The third kappa shape index (κ3) is 8.38. The van der Waals surface area contributed by atoms with Gasteiger partial charge in [0.05, 0.1) is 23.9 Å². The quantitative estimate of drug-likeness (QED) is 0.143. The number of piperidine rings is 2. The van der Waals surface area contributed by atoms with E-state index < -0.39 is 47.4 Å². The van der Waals surface area contributed by atoms with Crippen LogP contribution in [0, 0.1) is 11.8 Å². The van der Waals surface area contributed by atoms with Crippen molar-refractivity contribution in [1.82, 2.24) is 25.1 Å². The summed E-state index contributed by atoms with van der Waals surface area (Å²) in [5, 5.41) is 8.20. The predicted octanol–water partition coefficient (Wildman–Crippen LogP) is 6.39. The Kier molecular flexibility index (Phi) is 11.1. The van der Waals surface area contributed by atoms with E-state index >= 15 is 0 Å². The van der Waals surface area contributed by atoms with Gasteiger partial charge in [0.2, 0.25) is 11.8 Å². The van der Waals surface area contributed by atoms with Crippen molar-refractivity contribution >= 4 is 52.0 Å². The zero-order valence-electron chi connectivity index (χ0n) is 32.4. The number of amides is 5. The molecule has 1 saturated carbocycles. The zero-order valence-corrected chi connectivity index (χ0v) is 32.4. The van der Waals surface area contributed by atoms with Crippen molar-refractivity contribution < 1.29 is 46.3 Å². The van der Waals surface area contributed by atoms with Gasteiger partial charge in [-0.15, -0.1) is 0 Å². The molecule has 1 unspecified atom stereocenters. The Bertz CT molecular complexity index is 2300. The third-order valence-corrected chi connectivity index (χ3v) is 12.0. The summed E-state index contributed by atoms with van der Waals surface area (Å²) >= 11 is 0. The van der Waals surface area contributed by atoms with Crippen LogP contribution in [-0.2, 0) is 15.8 Å². The first-order valence-corrected chi connectivity index (χ1v) is 20.0. The number of benzene rings is 2.